The Bertz CT molecular complexity index is 1120. The molecule has 0 atom stereocenters. The van der Waals surface area contributed by atoms with Crippen LogP contribution >= 0.6 is 23.2 Å². The van der Waals surface area contributed by atoms with E-state index in [2.05, 4.69) is 10.6 Å². The molecule has 1 heterocycles. The van der Waals surface area contributed by atoms with Crippen molar-refractivity contribution in [3.63, 3.8) is 0 Å². The van der Waals surface area contributed by atoms with E-state index in [0.717, 1.165) is 23.3 Å². The second-order valence-electron chi connectivity index (χ2n) is 8.42. The van der Waals surface area contributed by atoms with Gasteiger partial charge in [-0.2, -0.15) is 0 Å². The van der Waals surface area contributed by atoms with Gasteiger partial charge in [0, 0.05) is 16.8 Å². The van der Waals surface area contributed by atoms with Crippen LogP contribution in [-0.4, -0.2) is 23.8 Å². The van der Waals surface area contributed by atoms with Crippen molar-refractivity contribution >= 4 is 52.3 Å². The lowest BCUT2D eigenvalue weighted by atomic mass is 9.95. The fourth-order valence-electron chi connectivity index (χ4n) is 4.23. The molecule has 2 N–H and O–H groups in total. The number of imide groups is 1. The molecule has 1 aliphatic heterocycles. The summed E-state index contributed by atoms with van der Waals surface area (Å²) >= 11 is 12.4. The summed E-state index contributed by atoms with van der Waals surface area (Å²) in [5.74, 6) is -1.14. The topological polar surface area (TPSA) is 78.5 Å². The minimum Gasteiger partial charge on any atom is -0.353 e. The first-order chi connectivity index (χ1) is 15.8. The van der Waals surface area contributed by atoms with E-state index in [1.54, 1.807) is 37.3 Å². The third-order valence-electron chi connectivity index (χ3n) is 6.07. The van der Waals surface area contributed by atoms with Crippen LogP contribution in [0.15, 0.2) is 53.2 Å². The van der Waals surface area contributed by atoms with Crippen molar-refractivity contribution in [2.45, 2.75) is 51.5 Å². The monoisotopic (exact) mass is 485 g/mol. The van der Waals surface area contributed by atoms with Crippen LogP contribution in [0.25, 0.3) is 0 Å². The molecule has 0 spiro atoms. The van der Waals surface area contributed by atoms with Gasteiger partial charge in [-0.05, 0) is 55.2 Å². The normalized spacial score (nSPS) is 17.0. The van der Waals surface area contributed by atoms with E-state index < -0.39 is 11.8 Å². The number of carbonyl (C=O) groups excluding carboxylic acids is 3. The molecule has 3 amide bonds. The van der Waals surface area contributed by atoms with Crippen molar-refractivity contribution in [1.29, 1.82) is 0 Å². The van der Waals surface area contributed by atoms with Gasteiger partial charge >= 0.3 is 0 Å². The highest BCUT2D eigenvalue weighted by Gasteiger charge is 2.39. The zero-order chi connectivity index (χ0) is 23.5. The van der Waals surface area contributed by atoms with Gasteiger partial charge in [-0.3, -0.25) is 14.4 Å². The minimum absolute atomic E-state index is 0.00355. The van der Waals surface area contributed by atoms with Gasteiger partial charge in [0.2, 0.25) is 5.91 Å². The molecule has 0 bridgehead atoms. The maximum absolute atomic E-state index is 13.0. The number of anilines is 2. The van der Waals surface area contributed by atoms with Gasteiger partial charge in [0.1, 0.15) is 10.7 Å². The number of amides is 3. The first-order valence-corrected chi connectivity index (χ1v) is 11.8. The summed E-state index contributed by atoms with van der Waals surface area (Å²) in [4.78, 5) is 39.1. The Morgan fingerprint density at radius 3 is 2.39 bits per heavy atom. The Morgan fingerprint density at radius 2 is 1.70 bits per heavy atom. The number of rotatable bonds is 6. The largest absolute Gasteiger partial charge is 0.353 e. The lowest BCUT2D eigenvalue weighted by molar-refractivity contribution is -0.122. The zero-order valence-electron chi connectivity index (χ0n) is 18.3. The van der Waals surface area contributed by atoms with E-state index >= 15 is 0 Å². The number of hydrogen-bond donors (Lipinski definition) is 2. The predicted molar refractivity (Wildman–Crippen MR) is 130 cm³/mol. The Morgan fingerprint density at radius 1 is 1.00 bits per heavy atom. The Balaban J connectivity index is 1.42. The summed E-state index contributed by atoms with van der Waals surface area (Å²) in [5, 5.41) is 6.33. The number of nitrogens with zero attached hydrogens (tertiary/aromatic N) is 1. The van der Waals surface area contributed by atoms with E-state index in [1.165, 1.54) is 19.3 Å². The van der Waals surface area contributed by atoms with Crippen molar-refractivity contribution in [1.82, 2.24) is 5.32 Å². The van der Waals surface area contributed by atoms with Crippen LogP contribution in [0.2, 0.25) is 5.02 Å². The van der Waals surface area contributed by atoms with Crippen molar-refractivity contribution < 1.29 is 14.4 Å². The van der Waals surface area contributed by atoms with Gasteiger partial charge in [0.05, 0.1) is 12.1 Å². The lowest BCUT2D eigenvalue weighted by Gasteiger charge is -2.22. The fraction of sp³-hybridized carbons (Fsp3) is 0.320. The average molecular weight is 486 g/mol. The summed E-state index contributed by atoms with van der Waals surface area (Å²) in [6.45, 7) is 1.74. The van der Waals surface area contributed by atoms with E-state index in [9.17, 15) is 14.4 Å². The average Bonchev–Trinajstić information content (AvgIpc) is 3.01. The van der Waals surface area contributed by atoms with Crippen LogP contribution in [0.1, 0.15) is 43.2 Å². The second-order valence-corrected chi connectivity index (χ2v) is 9.20. The Labute approximate surface area is 202 Å². The molecule has 0 saturated heterocycles. The van der Waals surface area contributed by atoms with Gasteiger partial charge < -0.3 is 10.6 Å². The molecule has 6 nitrogen and oxygen atoms in total. The molecule has 8 heteroatoms. The van der Waals surface area contributed by atoms with E-state index in [-0.39, 0.29) is 22.7 Å². The Kier molecular flexibility index (Phi) is 7.05. The maximum atomic E-state index is 13.0. The molecule has 2 aliphatic rings. The first kappa shape index (κ1) is 23.3. The molecule has 172 valence electrons. The van der Waals surface area contributed by atoms with Crippen LogP contribution < -0.4 is 15.5 Å². The summed E-state index contributed by atoms with van der Waals surface area (Å²) in [6, 6.07) is 12.4. The highest BCUT2D eigenvalue weighted by molar-refractivity contribution is 6.53. The van der Waals surface area contributed by atoms with E-state index in [1.807, 2.05) is 12.1 Å². The lowest BCUT2D eigenvalue weighted by Crippen LogP contribution is -2.37. The van der Waals surface area contributed by atoms with Crippen molar-refractivity contribution in [3.05, 3.63) is 69.3 Å². The third-order valence-corrected chi connectivity index (χ3v) is 6.83. The fourth-order valence-corrected chi connectivity index (χ4v) is 4.61. The Hall–Kier alpha value is -2.83. The molecule has 1 saturated carbocycles. The zero-order valence-corrected chi connectivity index (χ0v) is 19.8. The van der Waals surface area contributed by atoms with E-state index in [4.69, 9.17) is 23.2 Å². The van der Waals surface area contributed by atoms with Gasteiger partial charge in [0.15, 0.2) is 0 Å². The SMILES string of the molecule is Cc1c(Cl)cccc1N1C(=O)C(Cl)=C(Nc2ccc(CC(=O)NC3CCCCC3)cc2)C1=O. The first-order valence-electron chi connectivity index (χ1n) is 11.0. The summed E-state index contributed by atoms with van der Waals surface area (Å²) in [7, 11) is 0. The number of hydrogen-bond acceptors (Lipinski definition) is 4. The molecular weight excluding hydrogens is 461 g/mol. The van der Waals surface area contributed by atoms with Crippen molar-refractivity contribution in [3.8, 4) is 0 Å². The molecule has 2 aromatic rings. The van der Waals surface area contributed by atoms with Crippen LogP contribution in [0.4, 0.5) is 11.4 Å². The van der Waals surface area contributed by atoms with Crippen molar-refractivity contribution in [2.75, 3.05) is 10.2 Å². The molecular formula is C25H25Cl2N3O3. The number of carbonyl (C=O) groups is 3. The summed E-state index contributed by atoms with van der Waals surface area (Å²) < 4.78 is 0. The summed E-state index contributed by atoms with van der Waals surface area (Å²) in [6.07, 6.45) is 5.95. The summed E-state index contributed by atoms with van der Waals surface area (Å²) in [5.41, 5.74) is 2.46. The third kappa shape index (κ3) is 5.07. The van der Waals surface area contributed by atoms with Crippen LogP contribution in [-0.2, 0) is 20.8 Å². The van der Waals surface area contributed by atoms with Gasteiger partial charge in [-0.25, -0.2) is 4.90 Å². The van der Waals surface area contributed by atoms with Crippen molar-refractivity contribution in [2.24, 2.45) is 0 Å². The highest BCUT2D eigenvalue weighted by Crippen LogP contribution is 2.34. The number of halogens is 2. The number of benzene rings is 2. The second kappa shape index (κ2) is 9.98. The van der Waals surface area contributed by atoms with Gasteiger partial charge in [-0.15, -0.1) is 0 Å². The highest BCUT2D eigenvalue weighted by atomic mass is 35.5. The molecule has 4 rings (SSSR count). The van der Waals surface area contributed by atoms with Crippen LogP contribution in [0.3, 0.4) is 0 Å². The molecule has 0 radical (unpaired) electrons. The van der Waals surface area contributed by atoms with Crippen LogP contribution in [0.5, 0.6) is 0 Å². The van der Waals surface area contributed by atoms with E-state index in [0.29, 0.717) is 28.4 Å². The van der Waals surface area contributed by atoms with Gasteiger partial charge in [-0.1, -0.05) is 60.7 Å². The quantitative estimate of drug-likeness (QED) is 0.559. The molecule has 1 fully saturated rings. The molecule has 1 aliphatic carbocycles. The maximum Gasteiger partial charge on any atom is 0.283 e. The number of nitrogens with one attached hydrogen (secondary N) is 2. The molecule has 33 heavy (non-hydrogen) atoms. The van der Waals surface area contributed by atoms with Crippen LogP contribution in [0, 0.1) is 6.92 Å². The molecule has 0 unspecified atom stereocenters. The molecule has 2 aromatic carbocycles. The van der Waals surface area contributed by atoms with Gasteiger partial charge in [0.25, 0.3) is 11.8 Å². The standard InChI is InChI=1S/C25H25Cl2N3O3/c1-15-19(26)8-5-9-20(15)30-24(32)22(27)23(25(30)33)29-18-12-10-16(11-13-18)14-21(31)28-17-6-3-2-4-7-17/h5,8-13,17,29H,2-4,6-7,14H2,1H3,(H,28,31). The smallest absolute Gasteiger partial charge is 0.283 e. The minimum atomic E-state index is -0.606. The molecule has 0 aromatic heterocycles. The predicted octanol–water partition coefficient (Wildman–Crippen LogP) is 5.08.